The summed E-state index contributed by atoms with van der Waals surface area (Å²) in [5.74, 6) is 2.02. The highest BCUT2D eigenvalue weighted by Crippen LogP contribution is 2.35. The Labute approximate surface area is 141 Å². The second kappa shape index (κ2) is 7.02. The second-order valence-electron chi connectivity index (χ2n) is 5.93. The predicted molar refractivity (Wildman–Crippen MR) is 91.4 cm³/mol. The Kier molecular flexibility index (Phi) is 5.53. The van der Waals surface area contributed by atoms with Gasteiger partial charge in [-0.2, -0.15) is 4.98 Å². The van der Waals surface area contributed by atoms with Crippen molar-refractivity contribution in [2.24, 2.45) is 5.73 Å². The van der Waals surface area contributed by atoms with Gasteiger partial charge in [0, 0.05) is 4.90 Å². The Morgan fingerprint density at radius 2 is 2.00 bits per heavy atom. The highest BCUT2D eigenvalue weighted by molar-refractivity contribution is 7.98. The molecule has 120 valence electrons. The number of halogens is 1. The SMILES string of the molecule is Cc1ccc(SCc2nc(C3(N)CCCC3)no2)c(C)c1.Cl. The number of hydrogen-bond donors (Lipinski definition) is 1. The van der Waals surface area contributed by atoms with Crippen LogP contribution >= 0.6 is 24.2 Å². The maximum Gasteiger partial charge on any atom is 0.237 e. The fourth-order valence-electron chi connectivity index (χ4n) is 2.85. The minimum atomic E-state index is -0.369. The third-order valence-corrected chi connectivity index (χ3v) is 5.25. The van der Waals surface area contributed by atoms with Gasteiger partial charge in [0.05, 0.1) is 11.3 Å². The summed E-state index contributed by atoms with van der Waals surface area (Å²) >= 11 is 1.73. The molecule has 1 fully saturated rings. The van der Waals surface area contributed by atoms with Crippen LogP contribution in [0.3, 0.4) is 0 Å². The first-order chi connectivity index (χ1) is 10.1. The summed E-state index contributed by atoms with van der Waals surface area (Å²) in [6, 6.07) is 6.46. The molecule has 22 heavy (non-hydrogen) atoms. The zero-order valence-electron chi connectivity index (χ0n) is 13.0. The highest BCUT2D eigenvalue weighted by atomic mass is 35.5. The number of thioether (sulfide) groups is 1. The Morgan fingerprint density at radius 1 is 1.27 bits per heavy atom. The molecule has 0 atom stereocenters. The first-order valence-electron chi connectivity index (χ1n) is 7.39. The quantitative estimate of drug-likeness (QED) is 0.848. The molecule has 1 aromatic heterocycles. The molecule has 2 N–H and O–H groups in total. The van der Waals surface area contributed by atoms with Crippen molar-refractivity contribution in [3.8, 4) is 0 Å². The van der Waals surface area contributed by atoms with E-state index in [-0.39, 0.29) is 17.9 Å². The van der Waals surface area contributed by atoms with Crippen LogP contribution in [0.4, 0.5) is 0 Å². The zero-order valence-corrected chi connectivity index (χ0v) is 14.6. The van der Waals surface area contributed by atoms with Crippen LogP contribution in [0, 0.1) is 13.8 Å². The lowest BCUT2D eigenvalue weighted by Crippen LogP contribution is -2.34. The van der Waals surface area contributed by atoms with Crippen molar-refractivity contribution < 1.29 is 4.52 Å². The summed E-state index contributed by atoms with van der Waals surface area (Å²) in [6.45, 7) is 4.23. The monoisotopic (exact) mass is 339 g/mol. The van der Waals surface area contributed by atoms with Crippen molar-refractivity contribution in [2.75, 3.05) is 0 Å². The van der Waals surface area contributed by atoms with Crippen molar-refractivity contribution >= 4 is 24.2 Å². The topological polar surface area (TPSA) is 64.9 Å². The van der Waals surface area contributed by atoms with E-state index in [0.29, 0.717) is 17.5 Å². The van der Waals surface area contributed by atoms with Gasteiger partial charge >= 0.3 is 0 Å². The lowest BCUT2D eigenvalue weighted by Gasteiger charge is -2.17. The zero-order chi connectivity index (χ0) is 14.9. The first kappa shape index (κ1) is 17.3. The lowest BCUT2D eigenvalue weighted by molar-refractivity contribution is 0.355. The number of hydrogen-bond acceptors (Lipinski definition) is 5. The number of aryl methyl sites for hydroxylation is 2. The molecule has 1 aliphatic carbocycles. The molecule has 0 bridgehead atoms. The molecule has 0 amide bonds. The van der Waals surface area contributed by atoms with Crippen LogP contribution < -0.4 is 5.73 Å². The van der Waals surface area contributed by atoms with Gasteiger partial charge < -0.3 is 10.3 Å². The van der Waals surface area contributed by atoms with Crippen LogP contribution in [0.2, 0.25) is 0 Å². The Balaban J connectivity index is 0.00000176. The van der Waals surface area contributed by atoms with Crippen LogP contribution in [0.5, 0.6) is 0 Å². The van der Waals surface area contributed by atoms with E-state index in [9.17, 15) is 0 Å². The highest BCUT2D eigenvalue weighted by Gasteiger charge is 2.35. The molecule has 0 saturated heterocycles. The average Bonchev–Trinajstić information content (AvgIpc) is 3.08. The van der Waals surface area contributed by atoms with Crippen LogP contribution in [0.25, 0.3) is 0 Å². The van der Waals surface area contributed by atoms with Gasteiger partial charge in [-0.25, -0.2) is 0 Å². The molecule has 2 aromatic rings. The molecule has 1 aliphatic rings. The van der Waals surface area contributed by atoms with Gasteiger partial charge in [-0.3, -0.25) is 0 Å². The first-order valence-corrected chi connectivity index (χ1v) is 8.37. The summed E-state index contributed by atoms with van der Waals surface area (Å²) < 4.78 is 5.37. The van der Waals surface area contributed by atoms with Crippen LogP contribution in [0.1, 0.15) is 48.5 Å². The minimum Gasteiger partial charge on any atom is -0.338 e. The van der Waals surface area contributed by atoms with Crippen molar-refractivity contribution in [3.05, 3.63) is 41.0 Å². The summed E-state index contributed by atoms with van der Waals surface area (Å²) in [6.07, 6.45) is 4.21. The Morgan fingerprint density at radius 3 is 2.68 bits per heavy atom. The second-order valence-corrected chi connectivity index (χ2v) is 6.95. The third kappa shape index (κ3) is 3.65. The van der Waals surface area contributed by atoms with Crippen LogP contribution in [0.15, 0.2) is 27.6 Å². The summed E-state index contributed by atoms with van der Waals surface area (Å²) in [5.41, 5.74) is 8.55. The van der Waals surface area contributed by atoms with E-state index >= 15 is 0 Å². The van der Waals surface area contributed by atoms with E-state index in [1.165, 1.54) is 16.0 Å². The van der Waals surface area contributed by atoms with Crippen LogP contribution in [-0.2, 0) is 11.3 Å². The van der Waals surface area contributed by atoms with E-state index in [1.807, 2.05) is 0 Å². The number of nitrogens with two attached hydrogens (primary N) is 1. The fourth-order valence-corrected chi connectivity index (χ4v) is 3.69. The van der Waals surface area contributed by atoms with Gasteiger partial charge in [-0.15, -0.1) is 24.2 Å². The Hall–Kier alpha value is -1.04. The molecule has 1 heterocycles. The lowest BCUT2D eigenvalue weighted by atomic mass is 9.99. The van der Waals surface area contributed by atoms with E-state index in [0.717, 1.165) is 25.7 Å². The van der Waals surface area contributed by atoms with Crippen molar-refractivity contribution in [3.63, 3.8) is 0 Å². The predicted octanol–water partition coefficient (Wildman–Crippen LogP) is 4.13. The number of benzene rings is 1. The maximum absolute atomic E-state index is 6.35. The summed E-state index contributed by atoms with van der Waals surface area (Å²) in [5, 5.41) is 4.09. The largest absolute Gasteiger partial charge is 0.338 e. The Bertz CT molecular complexity index is 638. The number of rotatable bonds is 4. The average molecular weight is 340 g/mol. The maximum atomic E-state index is 6.35. The molecule has 0 spiro atoms. The molecule has 4 nitrogen and oxygen atoms in total. The molecule has 1 aromatic carbocycles. The van der Waals surface area contributed by atoms with E-state index in [1.54, 1.807) is 11.8 Å². The van der Waals surface area contributed by atoms with E-state index in [4.69, 9.17) is 10.3 Å². The normalized spacial score (nSPS) is 16.5. The van der Waals surface area contributed by atoms with Crippen molar-refractivity contribution in [1.82, 2.24) is 10.1 Å². The summed E-state index contributed by atoms with van der Waals surface area (Å²) in [7, 11) is 0. The number of aromatic nitrogens is 2. The number of nitrogens with zero attached hydrogens (tertiary/aromatic N) is 2. The molecule has 6 heteroatoms. The van der Waals surface area contributed by atoms with Gasteiger partial charge in [0.25, 0.3) is 0 Å². The van der Waals surface area contributed by atoms with Crippen molar-refractivity contribution in [2.45, 2.75) is 55.7 Å². The standard InChI is InChI=1S/C16H21N3OS.ClH/c1-11-5-6-13(12(2)9-11)21-10-14-18-15(19-20-14)16(17)7-3-4-8-16;/h5-6,9H,3-4,7-8,10,17H2,1-2H3;1H. The molecule has 0 aliphatic heterocycles. The summed E-state index contributed by atoms with van der Waals surface area (Å²) in [4.78, 5) is 5.76. The van der Waals surface area contributed by atoms with Gasteiger partial charge in [-0.05, 0) is 38.3 Å². The van der Waals surface area contributed by atoms with Gasteiger partial charge in [-0.1, -0.05) is 35.7 Å². The molecule has 3 rings (SSSR count). The molecule has 0 radical (unpaired) electrons. The smallest absolute Gasteiger partial charge is 0.237 e. The third-order valence-electron chi connectivity index (χ3n) is 4.09. The molecule has 0 unspecified atom stereocenters. The molecular formula is C16H22ClN3OS. The fraction of sp³-hybridized carbons (Fsp3) is 0.500. The minimum absolute atomic E-state index is 0. The van der Waals surface area contributed by atoms with Gasteiger partial charge in [0.2, 0.25) is 5.89 Å². The molecule has 1 saturated carbocycles. The van der Waals surface area contributed by atoms with Gasteiger partial charge in [0.1, 0.15) is 0 Å². The van der Waals surface area contributed by atoms with Crippen LogP contribution in [-0.4, -0.2) is 10.1 Å². The molecular weight excluding hydrogens is 318 g/mol. The van der Waals surface area contributed by atoms with E-state index < -0.39 is 0 Å². The van der Waals surface area contributed by atoms with E-state index in [2.05, 4.69) is 42.2 Å². The van der Waals surface area contributed by atoms with Gasteiger partial charge in [0.15, 0.2) is 5.82 Å². The van der Waals surface area contributed by atoms with Crippen molar-refractivity contribution in [1.29, 1.82) is 0 Å².